The summed E-state index contributed by atoms with van der Waals surface area (Å²) in [7, 11) is -1.53. The molecule has 2 fully saturated rings. The molecule has 0 aromatic heterocycles. The van der Waals surface area contributed by atoms with Crippen LogP contribution >= 0.6 is 11.6 Å². The number of halogens is 1. The van der Waals surface area contributed by atoms with Crippen molar-refractivity contribution in [2.45, 2.75) is 43.0 Å². The number of carbonyl (C=O) groups excluding carboxylic acids is 1. The second kappa shape index (κ2) is 8.25. The Morgan fingerprint density at radius 1 is 1.12 bits per heavy atom. The lowest BCUT2D eigenvalue weighted by Gasteiger charge is -2.29. The Morgan fingerprint density at radius 3 is 2.42 bits per heavy atom. The van der Waals surface area contributed by atoms with E-state index in [0.29, 0.717) is 13.1 Å². The van der Waals surface area contributed by atoms with Crippen molar-refractivity contribution in [2.24, 2.45) is 0 Å². The van der Waals surface area contributed by atoms with Crippen molar-refractivity contribution in [1.29, 1.82) is 0 Å². The Hall–Kier alpha value is -1.15. The van der Waals surface area contributed by atoms with E-state index in [-0.39, 0.29) is 27.4 Å². The molecule has 6 nitrogen and oxygen atoms in total. The Bertz CT molecular complexity index is 755. The summed E-state index contributed by atoms with van der Waals surface area (Å²) in [5.74, 6) is -0.305. The van der Waals surface area contributed by atoms with E-state index in [0.717, 1.165) is 45.2 Å². The van der Waals surface area contributed by atoms with Crippen LogP contribution in [0.15, 0.2) is 23.1 Å². The SMILES string of the molecule is CN1CCC(NC(=O)c2cc(S(=O)(=O)N3CCCCC3)ccc2Cl)CC1. The molecule has 0 radical (unpaired) electrons. The van der Waals surface area contributed by atoms with Gasteiger partial charge in [-0.05, 0) is 64.0 Å². The largest absolute Gasteiger partial charge is 0.349 e. The fraction of sp³-hybridized carbons (Fsp3) is 0.611. The Kier molecular flexibility index (Phi) is 6.22. The van der Waals surface area contributed by atoms with Crippen molar-refractivity contribution < 1.29 is 13.2 Å². The topological polar surface area (TPSA) is 69.7 Å². The molecule has 8 heteroatoms. The molecule has 2 saturated heterocycles. The first kappa shape index (κ1) is 19.6. The third-order valence-corrected chi connectivity index (χ3v) is 7.41. The van der Waals surface area contributed by atoms with Crippen LogP contribution in [0, 0.1) is 0 Å². The van der Waals surface area contributed by atoms with Gasteiger partial charge >= 0.3 is 0 Å². The molecule has 3 rings (SSSR count). The van der Waals surface area contributed by atoms with Crippen molar-refractivity contribution in [3.8, 4) is 0 Å². The zero-order chi connectivity index (χ0) is 18.7. The first-order valence-electron chi connectivity index (χ1n) is 9.17. The van der Waals surface area contributed by atoms with Gasteiger partial charge in [0.1, 0.15) is 0 Å². The highest BCUT2D eigenvalue weighted by Gasteiger charge is 2.28. The number of rotatable bonds is 4. The van der Waals surface area contributed by atoms with Crippen molar-refractivity contribution in [2.75, 3.05) is 33.2 Å². The van der Waals surface area contributed by atoms with E-state index < -0.39 is 10.0 Å². The van der Waals surface area contributed by atoms with Gasteiger partial charge in [-0.3, -0.25) is 4.79 Å². The minimum absolute atomic E-state index is 0.0946. The first-order chi connectivity index (χ1) is 12.4. The maximum atomic E-state index is 12.8. The van der Waals surface area contributed by atoms with Crippen molar-refractivity contribution >= 4 is 27.5 Å². The van der Waals surface area contributed by atoms with E-state index >= 15 is 0 Å². The van der Waals surface area contributed by atoms with Crippen LogP contribution in [0.25, 0.3) is 0 Å². The predicted molar refractivity (Wildman–Crippen MR) is 102 cm³/mol. The smallest absolute Gasteiger partial charge is 0.253 e. The molecular formula is C18H26ClN3O3S. The van der Waals surface area contributed by atoms with Crippen LogP contribution in [0.1, 0.15) is 42.5 Å². The van der Waals surface area contributed by atoms with Gasteiger partial charge in [-0.2, -0.15) is 4.31 Å². The predicted octanol–water partition coefficient (Wildman–Crippen LogP) is 2.34. The summed E-state index contributed by atoms with van der Waals surface area (Å²) in [6, 6.07) is 4.49. The van der Waals surface area contributed by atoms with E-state index in [4.69, 9.17) is 11.6 Å². The standard InChI is InChI=1S/C18H26ClN3O3S/c1-21-11-7-14(8-12-21)20-18(23)16-13-15(5-6-17(16)19)26(24,25)22-9-3-2-4-10-22/h5-6,13-14H,2-4,7-12H2,1H3,(H,20,23). The van der Waals surface area contributed by atoms with Gasteiger partial charge in [0.15, 0.2) is 0 Å². The van der Waals surface area contributed by atoms with Crippen molar-refractivity contribution in [3.63, 3.8) is 0 Å². The van der Waals surface area contributed by atoms with Crippen LogP contribution in [0.2, 0.25) is 5.02 Å². The van der Waals surface area contributed by atoms with E-state index in [1.807, 2.05) is 0 Å². The van der Waals surface area contributed by atoms with Gasteiger partial charge in [0.25, 0.3) is 5.91 Å². The molecule has 0 aliphatic carbocycles. The van der Waals surface area contributed by atoms with Gasteiger partial charge in [0.05, 0.1) is 15.5 Å². The Labute approximate surface area is 160 Å². The van der Waals surface area contributed by atoms with Gasteiger partial charge in [-0.25, -0.2) is 8.42 Å². The number of benzene rings is 1. The molecule has 1 N–H and O–H groups in total. The number of carbonyl (C=O) groups is 1. The van der Waals surface area contributed by atoms with Gasteiger partial charge in [0, 0.05) is 19.1 Å². The summed E-state index contributed by atoms with van der Waals surface area (Å²) in [5.41, 5.74) is 0.226. The fourth-order valence-corrected chi connectivity index (χ4v) is 5.26. The van der Waals surface area contributed by atoms with E-state index in [2.05, 4.69) is 17.3 Å². The van der Waals surface area contributed by atoms with Crippen molar-refractivity contribution in [3.05, 3.63) is 28.8 Å². The lowest BCUT2D eigenvalue weighted by Crippen LogP contribution is -2.43. The lowest BCUT2D eigenvalue weighted by atomic mass is 10.0. The fourth-order valence-electron chi connectivity index (χ4n) is 3.51. The van der Waals surface area contributed by atoms with Crippen LogP contribution in [-0.2, 0) is 10.0 Å². The van der Waals surface area contributed by atoms with Crippen LogP contribution in [0.5, 0.6) is 0 Å². The summed E-state index contributed by atoms with van der Waals surface area (Å²) < 4.78 is 27.2. The molecule has 1 amide bonds. The zero-order valence-corrected chi connectivity index (χ0v) is 16.7. The minimum Gasteiger partial charge on any atom is -0.349 e. The third-order valence-electron chi connectivity index (χ3n) is 5.19. The molecule has 1 aromatic carbocycles. The minimum atomic E-state index is -3.59. The number of piperidine rings is 2. The third kappa shape index (κ3) is 4.39. The van der Waals surface area contributed by atoms with Crippen molar-refractivity contribution in [1.82, 2.24) is 14.5 Å². The maximum absolute atomic E-state index is 12.8. The summed E-state index contributed by atoms with van der Waals surface area (Å²) in [5, 5.41) is 3.27. The molecule has 2 aliphatic heterocycles. The molecule has 26 heavy (non-hydrogen) atoms. The highest BCUT2D eigenvalue weighted by atomic mass is 35.5. The van der Waals surface area contributed by atoms with Crippen LogP contribution in [0.4, 0.5) is 0 Å². The van der Waals surface area contributed by atoms with Gasteiger partial charge in [-0.15, -0.1) is 0 Å². The summed E-state index contributed by atoms with van der Waals surface area (Å²) in [4.78, 5) is 15.0. The summed E-state index contributed by atoms with van der Waals surface area (Å²) in [6.45, 7) is 2.92. The quantitative estimate of drug-likeness (QED) is 0.843. The molecule has 0 spiro atoms. The normalized spacial score (nSPS) is 20.8. The molecule has 0 unspecified atom stereocenters. The number of hydrogen-bond acceptors (Lipinski definition) is 4. The summed E-state index contributed by atoms with van der Waals surface area (Å²) >= 11 is 6.19. The van der Waals surface area contributed by atoms with Gasteiger partial charge in [-0.1, -0.05) is 18.0 Å². The van der Waals surface area contributed by atoms with Gasteiger partial charge < -0.3 is 10.2 Å². The Balaban J connectivity index is 1.77. The zero-order valence-electron chi connectivity index (χ0n) is 15.1. The number of hydrogen-bond donors (Lipinski definition) is 1. The Morgan fingerprint density at radius 2 is 1.77 bits per heavy atom. The number of likely N-dealkylation sites (tertiary alicyclic amines) is 1. The van der Waals surface area contributed by atoms with Crippen LogP contribution in [0.3, 0.4) is 0 Å². The second-order valence-electron chi connectivity index (χ2n) is 7.16. The number of nitrogens with one attached hydrogen (secondary N) is 1. The van der Waals surface area contributed by atoms with E-state index in [9.17, 15) is 13.2 Å². The summed E-state index contributed by atoms with van der Waals surface area (Å²) in [6.07, 6.45) is 4.56. The molecular weight excluding hydrogens is 374 g/mol. The second-order valence-corrected chi connectivity index (χ2v) is 9.50. The maximum Gasteiger partial charge on any atom is 0.253 e. The van der Waals surface area contributed by atoms with Crippen LogP contribution in [-0.4, -0.2) is 62.8 Å². The molecule has 0 atom stereocenters. The highest BCUT2D eigenvalue weighted by molar-refractivity contribution is 7.89. The highest BCUT2D eigenvalue weighted by Crippen LogP contribution is 2.25. The molecule has 2 heterocycles. The average Bonchev–Trinajstić information content (AvgIpc) is 2.64. The number of amides is 1. The molecule has 1 aromatic rings. The molecule has 2 aliphatic rings. The monoisotopic (exact) mass is 399 g/mol. The molecule has 0 bridgehead atoms. The van der Waals surface area contributed by atoms with E-state index in [1.165, 1.54) is 22.5 Å². The molecule has 144 valence electrons. The lowest BCUT2D eigenvalue weighted by molar-refractivity contribution is 0.0917. The number of nitrogens with zero attached hydrogens (tertiary/aromatic N) is 2. The van der Waals surface area contributed by atoms with E-state index in [1.54, 1.807) is 0 Å². The molecule has 0 saturated carbocycles. The average molecular weight is 400 g/mol. The van der Waals surface area contributed by atoms with Crippen LogP contribution < -0.4 is 5.32 Å². The van der Waals surface area contributed by atoms with Gasteiger partial charge in [0.2, 0.25) is 10.0 Å². The number of sulfonamides is 1. The first-order valence-corrected chi connectivity index (χ1v) is 11.0.